The van der Waals surface area contributed by atoms with Gasteiger partial charge in [-0.15, -0.1) is 24.2 Å². The average Bonchev–Trinajstić information content (AvgIpc) is 3.24. The maximum atomic E-state index is 13.5. The van der Waals surface area contributed by atoms with Gasteiger partial charge in [-0.2, -0.15) is 0 Å². The number of rotatable bonds is 7. The van der Waals surface area contributed by atoms with Gasteiger partial charge in [-0.25, -0.2) is 4.98 Å². The summed E-state index contributed by atoms with van der Waals surface area (Å²) in [5.74, 6) is -0.118. The normalized spacial score (nSPS) is 14.2. The van der Waals surface area contributed by atoms with E-state index in [4.69, 9.17) is 9.72 Å². The molecule has 3 aromatic rings. The van der Waals surface area contributed by atoms with Crippen LogP contribution in [0.5, 0.6) is 0 Å². The molecule has 1 aliphatic rings. The number of amides is 1. The molecular weight excluding hydrogens is 466 g/mol. The van der Waals surface area contributed by atoms with Crippen LogP contribution in [0.1, 0.15) is 27.6 Å². The number of halogens is 1. The third kappa shape index (κ3) is 5.50. The monoisotopic (exact) mass is 491 g/mol. The summed E-state index contributed by atoms with van der Waals surface area (Å²) in [5.41, 5.74) is 2.09. The number of hydrogen-bond donors (Lipinski definition) is 0. The number of aromatic nitrogens is 1. The predicted molar refractivity (Wildman–Crippen MR) is 134 cm³/mol. The Balaban J connectivity index is 0.00000289. The van der Waals surface area contributed by atoms with Crippen molar-refractivity contribution in [2.75, 3.05) is 50.5 Å². The number of anilines is 1. The Labute approximate surface area is 202 Å². The summed E-state index contributed by atoms with van der Waals surface area (Å²) >= 11 is 3.19. The quantitative estimate of drug-likeness (QED) is 0.355. The zero-order valence-corrected chi connectivity index (χ0v) is 20.5. The molecule has 1 amide bonds. The van der Waals surface area contributed by atoms with Gasteiger partial charge >= 0.3 is 0 Å². The van der Waals surface area contributed by atoms with Crippen LogP contribution in [0.2, 0.25) is 0 Å². The molecule has 2 heterocycles. The smallest absolute Gasteiger partial charge is 0.260 e. The van der Waals surface area contributed by atoms with Crippen LogP contribution in [0.15, 0.2) is 47.4 Å². The summed E-state index contributed by atoms with van der Waals surface area (Å²) in [4.78, 5) is 35.1. The molecular formula is C23H26ClN3O3S2. The number of ether oxygens (including phenoxy) is 1. The van der Waals surface area contributed by atoms with E-state index in [1.54, 1.807) is 40.9 Å². The van der Waals surface area contributed by atoms with E-state index >= 15 is 0 Å². The van der Waals surface area contributed by atoms with Crippen LogP contribution in [-0.4, -0.2) is 67.2 Å². The Morgan fingerprint density at radius 1 is 1.12 bits per heavy atom. The molecule has 0 N–H and O–H groups in total. The van der Waals surface area contributed by atoms with Crippen LogP contribution >= 0.6 is 35.5 Å². The van der Waals surface area contributed by atoms with Crippen molar-refractivity contribution in [3.05, 3.63) is 53.6 Å². The molecule has 1 aliphatic heterocycles. The van der Waals surface area contributed by atoms with Crippen molar-refractivity contribution in [3.8, 4) is 0 Å². The molecule has 0 aliphatic carbocycles. The number of fused-ring (bicyclic) bond motifs is 1. The van der Waals surface area contributed by atoms with E-state index in [0.717, 1.165) is 48.0 Å². The summed E-state index contributed by atoms with van der Waals surface area (Å²) in [6.45, 7) is 6.00. The molecule has 0 saturated carbocycles. The van der Waals surface area contributed by atoms with Crippen molar-refractivity contribution in [2.45, 2.75) is 11.8 Å². The average molecular weight is 492 g/mol. The minimum Gasteiger partial charge on any atom is -0.379 e. The fraction of sp³-hybridized carbons (Fsp3) is 0.348. The first-order valence-electron chi connectivity index (χ1n) is 10.2. The standard InChI is InChI=1S/C23H25N3O3S2.ClH/c1-16(27)17-6-8-18(9-7-17)22(28)26(11-10-25-12-14-29-15-13-25)23-24-21-19(30-2)4-3-5-20(21)31-23;/h3-9H,10-15H2,1-2H3;1H. The number of thioether (sulfide) groups is 1. The second-order valence-corrected chi connectivity index (χ2v) is 9.20. The third-order valence-electron chi connectivity index (χ3n) is 5.35. The number of carbonyl (C=O) groups is 2. The highest BCUT2D eigenvalue weighted by Crippen LogP contribution is 2.34. The first-order valence-corrected chi connectivity index (χ1v) is 12.3. The summed E-state index contributed by atoms with van der Waals surface area (Å²) in [7, 11) is 0. The summed E-state index contributed by atoms with van der Waals surface area (Å²) in [6, 6.07) is 13.0. The van der Waals surface area contributed by atoms with Crippen molar-refractivity contribution in [2.24, 2.45) is 0 Å². The number of Topliss-reactive ketones (excluding diaryl/α,β-unsaturated/α-hetero) is 1. The number of carbonyl (C=O) groups excluding carboxylic acids is 2. The van der Waals surface area contributed by atoms with Gasteiger partial charge in [-0.1, -0.05) is 29.5 Å². The SMILES string of the molecule is CSc1cccc2sc(N(CCN3CCOCC3)C(=O)c3ccc(C(C)=O)cc3)nc12.Cl. The molecule has 0 bridgehead atoms. The van der Waals surface area contributed by atoms with Gasteiger partial charge < -0.3 is 4.74 Å². The minimum atomic E-state index is -0.104. The van der Waals surface area contributed by atoms with E-state index in [1.165, 1.54) is 18.3 Å². The van der Waals surface area contributed by atoms with Gasteiger partial charge in [0.25, 0.3) is 5.91 Å². The maximum Gasteiger partial charge on any atom is 0.260 e. The lowest BCUT2D eigenvalue weighted by atomic mass is 10.1. The molecule has 6 nitrogen and oxygen atoms in total. The Hall–Kier alpha value is -1.97. The Kier molecular flexibility index (Phi) is 8.67. The number of thiazole rings is 1. The molecule has 32 heavy (non-hydrogen) atoms. The Morgan fingerprint density at radius 3 is 2.47 bits per heavy atom. The van der Waals surface area contributed by atoms with E-state index in [0.29, 0.717) is 22.8 Å². The van der Waals surface area contributed by atoms with Crippen LogP contribution in [-0.2, 0) is 4.74 Å². The third-order valence-corrected chi connectivity index (χ3v) is 7.16. The van der Waals surface area contributed by atoms with Crippen molar-refractivity contribution >= 4 is 62.5 Å². The lowest BCUT2D eigenvalue weighted by molar-refractivity contribution is 0.0391. The second kappa shape index (κ2) is 11.2. The lowest BCUT2D eigenvalue weighted by Crippen LogP contribution is -2.43. The van der Waals surface area contributed by atoms with E-state index in [2.05, 4.69) is 11.0 Å². The zero-order valence-electron chi connectivity index (χ0n) is 18.1. The van der Waals surface area contributed by atoms with Gasteiger partial charge in [0, 0.05) is 42.2 Å². The van der Waals surface area contributed by atoms with E-state index in [-0.39, 0.29) is 24.1 Å². The number of para-hydroxylation sites is 1. The van der Waals surface area contributed by atoms with Crippen LogP contribution in [0.4, 0.5) is 5.13 Å². The molecule has 1 fully saturated rings. The van der Waals surface area contributed by atoms with Crippen LogP contribution in [0, 0.1) is 0 Å². The van der Waals surface area contributed by atoms with Gasteiger partial charge in [0.2, 0.25) is 0 Å². The first-order chi connectivity index (χ1) is 15.1. The number of ketones is 1. The molecule has 4 rings (SSSR count). The summed E-state index contributed by atoms with van der Waals surface area (Å²) < 4.78 is 6.51. The topological polar surface area (TPSA) is 62.7 Å². The van der Waals surface area contributed by atoms with Gasteiger partial charge in [0.1, 0.15) is 0 Å². The van der Waals surface area contributed by atoms with E-state index < -0.39 is 0 Å². The van der Waals surface area contributed by atoms with Gasteiger partial charge in [-0.3, -0.25) is 19.4 Å². The lowest BCUT2D eigenvalue weighted by Gasteiger charge is -2.29. The van der Waals surface area contributed by atoms with Crippen molar-refractivity contribution < 1.29 is 14.3 Å². The van der Waals surface area contributed by atoms with Crippen molar-refractivity contribution in [1.82, 2.24) is 9.88 Å². The molecule has 0 spiro atoms. The van der Waals surface area contributed by atoms with Crippen molar-refractivity contribution in [1.29, 1.82) is 0 Å². The largest absolute Gasteiger partial charge is 0.379 e. The van der Waals surface area contributed by atoms with Crippen molar-refractivity contribution in [3.63, 3.8) is 0 Å². The molecule has 1 aromatic heterocycles. The highest BCUT2D eigenvalue weighted by molar-refractivity contribution is 7.98. The van der Waals surface area contributed by atoms with Crippen LogP contribution in [0.3, 0.4) is 0 Å². The number of morpholine rings is 1. The van der Waals surface area contributed by atoms with Gasteiger partial charge in [0.05, 0.1) is 23.4 Å². The fourth-order valence-corrected chi connectivity index (χ4v) is 5.19. The molecule has 170 valence electrons. The van der Waals surface area contributed by atoms with Crippen LogP contribution in [0.25, 0.3) is 10.2 Å². The molecule has 9 heteroatoms. The predicted octanol–water partition coefficient (Wildman–Crippen LogP) is 4.62. The Bertz CT molecular complexity index is 1080. The van der Waals surface area contributed by atoms with E-state index in [1.807, 2.05) is 18.4 Å². The summed E-state index contributed by atoms with van der Waals surface area (Å²) in [5, 5.41) is 0.699. The molecule has 0 atom stereocenters. The fourth-order valence-electron chi connectivity index (χ4n) is 3.55. The molecule has 1 saturated heterocycles. The molecule has 0 radical (unpaired) electrons. The highest BCUT2D eigenvalue weighted by Gasteiger charge is 2.23. The minimum absolute atomic E-state index is 0. The van der Waals surface area contributed by atoms with Crippen LogP contribution < -0.4 is 4.90 Å². The zero-order chi connectivity index (χ0) is 21.8. The summed E-state index contributed by atoms with van der Waals surface area (Å²) in [6.07, 6.45) is 2.03. The first kappa shape index (κ1) is 24.7. The van der Waals surface area contributed by atoms with Gasteiger partial charge in [0.15, 0.2) is 10.9 Å². The maximum absolute atomic E-state index is 13.5. The second-order valence-electron chi connectivity index (χ2n) is 7.35. The molecule has 0 unspecified atom stereocenters. The Morgan fingerprint density at radius 2 is 1.81 bits per heavy atom. The molecule has 2 aromatic carbocycles. The number of nitrogens with zero attached hydrogens (tertiary/aromatic N) is 3. The highest BCUT2D eigenvalue weighted by atomic mass is 35.5. The van der Waals surface area contributed by atoms with Gasteiger partial charge in [-0.05, 0) is 37.4 Å². The van der Waals surface area contributed by atoms with E-state index in [9.17, 15) is 9.59 Å². The number of hydrogen-bond acceptors (Lipinski definition) is 7. The number of benzene rings is 2.